The van der Waals surface area contributed by atoms with E-state index >= 15 is 0 Å². The molecule has 2 saturated heterocycles. The molecule has 3 heterocycles. The van der Waals surface area contributed by atoms with E-state index in [0.29, 0.717) is 5.56 Å². The van der Waals surface area contributed by atoms with Gasteiger partial charge in [-0.2, -0.15) is 0 Å². The Morgan fingerprint density at radius 1 is 0.738 bits per heavy atom. The molecule has 3 fully saturated rings. The van der Waals surface area contributed by atoms with Crippen LogP contribution in [-0.4, -0.2) is 177 Å². The summed E-state index contributed by atoms with van der Waals surface area (Å²) in [4.78, 5) is 12.6. The van der Waals surface area contributed by atoms with Crippen LogP contribution in [-0.2, 0) is 28.5 Å². The monoisotopic (exact) mass is 918 g/mol. The van der Waals surface area contributed by atoms with E-state index in [0.717, 1.165) is 30.3 Å². The van der Waals surface area contributed by atoms with Gasteiger partial charge < -0.3 is 105 Å². The molecule has 3 aromatic rings. The minimum absolute atomic E-state index is 0.00820. The van der Waals surface area contributed by atoms with Crippen LogP contribution in [0.1, 0.15) is 36.1 Å². The molecule has 22 heteroatoms. The Kier molecular flexibility index (Phi) is 14.3. The average Bonchev–Trinajstić information content (AvgIpc) is 3.27. The summed E-state index contributed by atoms with van der Waals surface area (Å²) in [7, 11) is 0. The van der Waals surface area contributed by atoms with Gasteiger partial charge in [0, 0.05) is 36.3 Å². The van der Waals surface area contributed by atoms with Crippen LogP contribution >= 0.6 is 0 Å². The Morgan fingerprint density at radius 3 is 2.08 bits per heavy atom. The summed E-state index contributed by atoms with van der Waals surface area (Å²) in [5.74, 6) is -5.25. The highest BCUT2D eigenvalue weighted by Gasteiger charge is 2.50. The number of aromatic hydroxyl groups is 5. The minimum Gasteiger partial charge on any atom is -0.508 e. The van der Waals surface area contributed by atoms with Crippen LogP contribution in [0.5, 0.6) is 40.2 Å². The second-order valence-corrected chi connectivity index (χ2v) is 16.1. The van der Waals surface area contributed by atoms with Gasteiger partial charge in [0.25, 0.3) is 0 Å². The van der Waals surface area contributed by atoms with E-state index in [1.165, 1.54) is 31.2 Å². The first-order chi connectivity index (χ1) is 30.8. The SMILES string of the molecule is CC1OC(OCC2OC(OC3=Cc4c(cc(O)cc4OC4CC(CO)C(O)C(O)C4O)OC3c3cc(O)c(O)c(O)c3)C(O)C(O)C2O)C(O)C(O)C1OC(=O)C=Cc1ccc(O)cc1. The Balaban J connectivity index is 1.10. The van der Waals surface area contributed by atoms with Gasteiger partial charge in [-0.15, -0.1) is 0 Å². The second-order valence-electron chi connectivity index (χ2n) is 16.1. The summed E-state index contributed by atoms with van der Waals surface area (Å²) in [6, 6.07) is 10.2. The van der Waals surface area contributed by atoms with Crippen molar-refractivity contribution in [2.24, 2.45) is 5.92 Å². The van der Waals surface area contributed by atoms with Gasteiger partial charge in [0.1, 0.15) is 83.7 Å². The van der Waals surface area contributed by atoms with E-state index in [1.54, 1.807) is 12.1 Å². The number of esters is 1. The van der Waals surface area contributed by atoms with Crippen molar-refractivity contribution in [1.29, 1.82) is 0 Å². The molecule has 16 unspecified atom stereocenters. The van der Waals surface area contributed by atoms with Crippen LogP contribution in [0.2, 0.25) is 0 Å². The number of ether oxygens (including phenoxy) is 7. The number of aliphatic hydroxyl groups is 9. The number of aliphatic hydroxyl groups excluding tert-OH is 9. The largest absolute Gasteiger partial charge is 0.508 e. The third kappa shape index (κ3) is 10.0. The first kappa shape index (κ1) is 47.5. The molecule has 14 N–H and O–H groups in total. The number of phenolic OH excluding ortho intramolecular Hbond substituents is 5. The molecule has 22 nitrogen and oxygen atoms in total. The number of hydrogen-bond donors (Lipinski definition) is 14. The van der Waals surface area contributed by atoms with Crippen LogP contribution in [0.4, 0.5) is 0 Å². The lowest BCUT2D eigenvalue weighted by molar-refractivity contribution is -0.325. The van der Waals surface area contributed by atoms with E-state index in [4.69, 9.17) is 33.2 Å². The molecule has 16 atom stereocenters. The maximum atomic E-state index is 12.6. The van der Waals surface area contributed by atoms with E-state index in [1.807, 2.05) is 0 Å². The van der Waals surface area contributed by atoms with Crippen LogP contribution in [0.3, 0.4) is 0 Å². The van der Waals surface area contributed by atoms with Crippen LogP contribution < -0.4 is 9.47 Å². The molecule has 0 spiro atoms. The van der Waals surface area contributed by atoms with Crippen molar-refractivity contribution in [1.82, 2.24) is 0 Å². The molecular weight excluding hydrogens is 868 g/mol. The molecular formula is C43H50O22. The van der Waals surface area contributed by atoms with E-state index in [9.17, 15) is 76.3 Å². The normalized spacial score (nSPS) is 34.8. The Labute approximate surface area is 368 Å². The quantitative estimate of drug-likeness (QED) is 0.0556. The number of phenols is 5. The lowest BCUT2D eigenvalue weighted by atomic mass is 9.81. The van der Waals surface area contributed by atoms with E-state index in [-0.39, 0.29) is 40.6 Å². The predicted octanol–water partition coefficient (Wildman–Crippen LogP) is -1.54. The summed E-state index contributed by atoms with van der Waals surface area (Å²) < 4.78 is 40.9. The Morgan fingerprint density at radius 2 is 1.40 bits per heavy atom. The molecule has 3 aliphatic heterocycles. The number of benzene rings is 3. The van der Waals surface area contributed by atoms with E-state index in [2.05, 4.69) is 0 Å². The van der Waals surface area contributed by atoms with Crippen molar-refractivity contribution in [3.63, 3.8) is 0 Å². The van der Waals surface area contributed by atoms with Crippen molar-refractivity contribution in [2.45, 2.75) is 105 Å². The molecule has 1 saturated carbocycles. The molecule has 0 amide bonds. The standard InChI is InChI=1S/C43H50O22/c1-16-40(65-30(49)7-4-17-2-5-20(45)6-3-17)37(56)39(58)42(60-16)59-15-29-34(53)36(55)38(57)43(64-29)63-28-13-22-25(61-27-10-19(14-44)31(50)35(54)33(27)52)11-21(46)12-26(22)62-41(28)18-8-23(47)32(51)24(48)9-18/h2-9,11-13,16,19,27,29,31,33-48,50-58H,10,14-15H2,1H3. The lowest BCUT2D eigenvalue weighted by Crippen LogP contribution is -2.61. The van der Waals surface area contributed by atoms with Crippen LogP contribution in [0.25, 0.3) is 12.2 Å². The number of carbonyl (C=O) groups excluding carboxylic acids is 1. The van der Waals surface area contributed by atoms with Crippen LogP contribution in [0.15, 0.2) is 60.4 Å². The third-order valence-electron chi connectivity index (χ3n) is 11.6. The van der Waals surface area contributed by atoms with Crippen molar-refractivity contribution in [3.8, 4) is 40.2 Å². The summed E-state index contributed by atoms with van der Waals surface area (Å²) >= 11 is 0. The van der Waals surface area contributed by atoms with Gasteiger partial charge in [0.15, 0.2) is 35.7 Å². The topological polar surface area (TPSA) is 365 Å². The van der Waals surface area contributed by atoms with Crippen molar-refractivity contribution < 1.29 is 109 Å². The molecule has 1 aliphatic carbocycles. The molecule has 0 bridgehead atoms. The van der Waals surface area contributed by atoms with Gasteiger partial charge in [0.05, 0.1) is 24.4 Å². The zero-order valence-electron chi connectivity index (χ0n) is 34.2. The number of fused-ring (bicyclic) bond motifs is 1. The number of rotatable bonds is 12. The number of carbonyl (C=O) groups is 1. The molecule has 7 rings (SSSR count). The predicted molar refractivity (Wildman–Crippen MR) is 216 cm³/mol. The summed E-state index contributed by atoms with van der Waals surface area (Å²) in [6.07, 6.45) is -20.9. The van der Waals surface area contributed by atoms with Crippen molar-refractivity contribution in [3.05, 3.63) is 77.1 Å². The first-order valence-electron chi connectivity index (χ1n) is 20.3. The fraction of sp³-hybridized carbons (Fsp3) is 0.465. The van der Waals surface area contributed by atoms with Crippen LogP contribution in [0, 0.1) is 5.92 Å². The summed E-state index contributed by atoms with van der Waals surface area (Å²) in [5.41, 5.74) is 0.490. The highest BCUT2D eigenvalue weighted by molar-refractivity contribution is 5.87. The molecule has 4 aliphatic rings. The average molecular weight is 919 g/mol. The van der Waals surface area contributed by atoms with Gasteiger partial charge in [0.2, 0.25) is 6.29 Å². The molecule has 0 aromatic heterocycles. The second kappa shape index (κ2) is 19.6. The maximum Gasteiger partial charge on any atom is 0.331 e. The highest BCUT2D eigenvalue weighted by Crippen LogP contribution is 2.48. The van der Waals surface area contributed by atoms with E-state index < -0.39 is 140 Å². The zero-order chi connectivity index (χ0) is 47.0. The molecule has 3 aromatic carbocycles. The van der Waals surface area contributed by atoms with Gasteiger partial charge >= 0.3 is 5.97 Å². The minimum atomic E-state index is -2.00. The van der Waals surface area contributed by atoms with Gasteiger partial charge in [-0.05, 0) is 55.3 Å². The molecule has 354 valence electrons. The van der Waals surface area contributed by atoms with Gasteiger partial charge in [-0.1, -0.05) is 12.1 Å². The fourth-order valence-corrected chi connectivity index (χ4v) is 7.88. The zero-order valence-corrected chi connectivity index (χ0v) is 34.2. The molecule has 65 heavy (non-hydrogen) atoms. The smallest absolute Gasteiger partial charge is 0.331 e. The lowest BCUT2D eigenvalue weighted by Gasteiger charge is -2.43. The highest BCUT2D eigenvalue weighted by atomic mass is 16.7. The fourth-order valence-electron chi connectivity index (χ4n) is 7.88. The maximum absolute atomic E-state index is 12.6. The summed E-state index contributed by atoms with van der Waals surface area (Å²) in [6.45, 7) is 0.188. The van der Waals surface area contributed by atoms with Gasteiger partial charge in [-0.3, -0.25) is 0 Å². The van der Waals surface area contributed by atoms with Crippen molar-refractivity contribution in [2.75, 3.05) is 13.2 Å². The molecule has 0 radical (unpaired) electrons. The van der Waals surface area contributed by atoms with Crippen molar-refractivity contribution >= 4 is 18.1 Å². The summed E-state index contributed by atoms with van der Waals surface area (Å²) in [5, 5.41) is 147. The Bertz CT molecular complexity index is 2190. The Hall–Kier alpha value is -5.47. The third-order valence-corrected chi connectivity index (χ3v) is 11.6. The van der Waals surface area contributed by atoms with Gasteiger partial charge in [-0.25, -0.2) is 4.79 Å². The number of hydrogen-bond acceptors (Lipinski definition) is 22. The first-order valence-corrected chi connectivity index (χ1v) is 20.3.